The minimum atomic E-state index is 0.0546. The van der Waals surface area contributed by atoms with Crippen molar-refractivity contribution in [1.82, 2.24) is 5.32 Å². The molecule has 0 aromatic rings. The summed E-state index contributed by atoms with van der Waals surface area (Å²) in [6.07, 6.45) is 7.45. The fraction of sp³-hybridized carbons (Fsp3) is 0.529. The Morgan fingerprint density at radius 2 is 2.11 bits per heavy atom. The van der Waals surface area contributed by atoms with Crippen molar-refractivity contribution in [2.24, 2.45) is 11.8 Å². The molecule has 0 saturated carbocycles. The first kappa shape index (κ1) is 14.8. The monoisotopic (exact) mass is 245 g/mol. The molecule has 100 valence electrons. The van der Waals surface area contributed by atoms with Crippen LogP contribution in [0.25, 0.3) is 0 Å². The maximum atomic E-state index is 4.16. The molecule has 0 saturated heterocycles. The molecule has 1 aliphatic heterocycles. The first-order chi connectivity index (χ1) is 8.35. The number of hydrogen-bond acceptors (Lipinski definition) is 1. The molecular formula is C17H27N. The standard InChI is InChI=1S/C17H27N/c1-8-10-16-13(4)15(6)18-17(7,14(16)5)11-12(3)9-2/h8-10,12,14,18H,2,6,11H2,1,3-5,7H3/b10-8-. The fourth-order valence-corrected chi connectivity index (χ4v) is 2.82. The Labute approximate surface area is 112 Å². The van der Waals surface area contributed by atoms with E-state index < -0.39 is 0 Å². The smallest absolute Gasteiger partial charge is 0.0416 e. The Morgan fingerprint density at radius 3 is 2.61 bits per heavy atom. The Hall–Kier alpha value is -1.24. The summed E-state index contributed by atoms with van der Waals surface area (Å²) < 4.78 is 0. The van der Waals surface area contributed by atoms with Gasteiger partial charge >= 0.3 is 0 Å². The molecule has 0 aromatic heterocycles. The summed E-state index contributed by atoms with van der Waals surface area (Å²) >= 11 is 0. The van der Waals surface area contributed by atoms with Gasteiger partial charge in [0.25, 0.3) is 0 Å². The Bertz CT molecular complexity index is 400. The van der Waals surface area contributed by atoms with E-state index in [-0.39, 0.29) is 5.54 Å². The van der Waals surface area contributed by atoms with Crippen molar-refractivity contribution >= 4 is 0 Å². The highest BCUT2D eigenvalue weighted by atomic mass is 15.0. The van der Waals surface area contributed by atoms with E-state index in [9.17, 15) is 0 Å². The lowest BCUT2D eigenvalue weighted by Gasteiger charge is -2.45. The highest BCUT2D eigenvalue weighted by Gasteiger charge is 2.38. The second kappa shape index (κ2) is 5.60. The van der Waals surface area contributed by atoms with Crippen LogP contribution >= 0.6 is 0 Å². The van der Waals surface area contributed by atoms with Crippen molar-refractivity contribution in [1.29, 1.82) is 0 Å². The van der Waals surface area contributed by atoms with Gasteiger partial charge in [0.15, 0.2) is 0 Å². The van der Waals surface area contributed by atoms with Gasteiger partial charge in [-0.1, -0.05) is 38.7 Å². The molecular weight excluding hydrogens is 218 g/mol. The van der Waals surface area contributed by atoms with Gasteiger partial charge in [-0.15, -0.1) is 6.58 Å². The number of hydrogen-bond donors (Lipinski definition) is 1. The minimum absolute atomic E-state index is 0.0546. The van der Waals surface area contributed by atoms with Crippen LogP contribution in [0.4, 0.5) is 0 Å². The van der Waals surface area contributed by atoms with Crippen LogP contribution in [0.3, 0.4) is 0 Å². The lowest BCUT2D eigenvalue weighted by Crippen LogP contribution is -2.51. The van der Waals surface area contributed by atoms with Gasteiger partial charge in [-0.3, -0.25) is 0 Å². The summed E-state index contributed by atoms with van der Waals surface area (Å²) in [6.45, 7) is 19.1. The van der Waals surface area contributed by atoms with Crippen LogP contribution in [0.2, 0.25) is 0 Å². The molecule has 1 rings (SSSR count). The number of nitrogens with one attached hydrogen (secondary N) is 1. The largest absolute Gasteiger partial charge is 0.380 e. The zero-order chi connectivity index (χ0) is 13.9. The van der Waals surface area contributed by atoms with Crippen molar-refractivity contribution in [2.45, 2.75) is 46.6 Å². The van der Waals surface area contributed by atoms with E-state index >= 15 is 0 Å². The zero-order valence-corrected chi connectivity index (χ0v) is 12.5. The summed E-state index contributed by atoms with van der Waals surface area (Å²) in [5.41, 5.74) is 3.79. The van der Waals surface area contributed by atoms with Crippen LogP contribution in [-0.2, 0) is 0 Å². The maximum Gasteiger partial charge on any atom is 0.0416 e. The summed E-state index contributed by atoms with van der Waals surface area (Å²) in [4.78, 5) is 0. The average Bonchev–Trinajstić information content (AvgIpc) is 2.32. The molecule has 1 N–H and O–H groups in total. The van der Waals surface area contributed by atoms with E-state index in [4.69, 9.17) is 0 Å². The Morgan fingerprint density at radius 1 is 1.50 bits per heavy atom. The summed E-state index contributed by atoms with van der Waals surface area (Å²) in [5.74, 6) is 0.976. The second-order valence-electron chi connectivity index (χ2n) is 5.74. The maximum absolute atomic E-state index is 4.16. The van der Waals surface area contributed by atoms with Crippen molar-refractivity contribution in [2.75, 3.05) is 0 Å². The molecule has 0 bridgehead atoms. The second-order valence-corrected chi connectivity index (χ2v) is 5.74. The summed E-state index contributed by atoms with van der Waals surface area (Å²) in [5, 5.41) is 3.61. The van der Waals surface area contributed by atoms with E-state index in [0.29, 0.717) is 11.8 Å². The van der Waals surface area contributed by atoms with Crippen molar-refractivity contribution < 1.29 is 0 Å². The quantitative estimate of drug-likeness (QED) is 0.714. The van der Waals surface area contributed by atoms with E-state index in [1.165, 1.54) is 11.1 Å². The topological polar surface area (TPSA) is 12.0 Å². The molecule has 1 heterocycles. The summed E-state index contributed by atoms with van der Waals surface area (Å²) in [7, 11) is 0. The first-order valence-electron chi connectivity index (χ1n) is 6.79. The third-order valence-electron chi connectivity index (χ3n) is 4.24. The van der Waals surface area contributed by atoms with Crippen LogP contribution in [0.5, 0.6) is 0 Å². The van der Waals surface area contributed by atoms with E-state index in [2.05, 4.69) is 65.2 Å². The predicted molar refractivity (Wildman–Crippen MR) is 81.3 cm³/mol. The Balaban J connectivity index is 3.13. The van der Waals surface area contributed by atoms with Gasteiger partial charge < -0.3 is 5.32 Å². The van der Waals surface area contributed by atoms with Crippen molar-refractivity contribution in [3.63, 3.8) is 0 Å². The molecule has 0 aliphatic carbocycles. The van der Waals surface area contributed by atoms with Crippen LogP contribution in [0.1, 0.15) is 41.0 Å². The number of rotatable bonds is 4. The molecule has 3 unspecified atom stereocenters. The Kier molecular flexibility index (Phi) is 4.61. The predicted octanol–water partition coefficient (Wildman–Crippen LogP) is 4.60. The zero-order valence-electron chi connectivity index (χ0n) is 12.5. The van der Waals surface area contributed by atoms with Crippen molar-refractivity contribution in [3.05, 3.63) is 48.2 Å². The third kappa shape index (κ3) is 2.77. The van der Waals surface area contributed by atoms with Crippen LogP contribution in [-0.4, -0.2) is 5.54 Å². The fourth-order valence-electron chi connectivity index (χ4n) is 2.82. The van der Waals surface area contributed by atoms with E-state index in [1.807, 2.05) is 6.08 Å². The summed E-state index contributed by atoms with van der Waals surface area (Å²) in [6, 6.07) is 0. The number of allylic oxidation sites excluding steroid dienone is 4. The lowest BCUT2D eigenvalue weighted by atomic mass is 9.72. The van der Waals surface area contributed by atoms with Crippen LogP contribution in [0.15, 0.2) is 48.2 Å². The molecule has 0 fully saturated rings. The molecule has 0 aromatic carbocycles. The van der Waals surface area contributed by atoms with Crippen molar-refractivity contribution in [3.8, 4) is 0 Å². The molecule has 1 nitrogen and oxygen atoms in total. The molecule has 1 heteroatoms. The van der Waals surface area contributed by atoms with Gasteiger partial charge in [0.1, 0.15) is 0 Å². The van der Waals surface area contributed by atoms with Gasteiger partial charge in [0.2, 0.25) is 0 Å². The minimum Gasteiger partial charge on any atom is -0.380 e. The van der Waals surface area contributed by atoms with Gasteiger partial charge in [-0.25, -0.2) is 0 Å². The molecule has 0 radical (unpaired) electrons. The molecule has 0 spiro atoms. The highest BCUT2D eigenvalue weighted by Crippen LogP contribution is 2.38. The average molecular weight is 245 g/mol. The van der Waals surface area contributed by atoms with Gasteiger partial charge in [-0.05, 0) is 44.3 Å². The lowest BCUT2D eigenvalue weighted by molar-refractivity contribution is 0.248. The van der Waals surface area contributed by atoms with Crippen LogP contribution in [0, 0.1) is 11.8 Å². The van der Waals surface area contributed by atoms with Crippen LogP contribution < -0.4 is 5.32 Å². The van der Waals surface area contributed by atoms with Gasteiger partial charge in [0, 0.05) is 17.2 Å². The molecule has 0 amide bonds. The van der Waals surface area contributed by atoms with Gasteiger partial charge in [0.05, 0.1) is 0 Å². The normalized spacial score (nSPS) is 30.5. The molecule has 3 atom stereocenters. The van der Waals surface area contributed by atoms with E-state index in [0.717, 1.165) is 12.1 Å². The third-order valence-corrected chi connectivity index (χ3v) is 4.24. The highest BCUT2D eigenvalue weighted by molar-refractivity contribution is 5.43. The first-order valence-corrected chi connectivity index (χ1v) is 6.79. The van der Waals surface area contributed by atoms with Gasteiger partial charge in [-0.2, -0.15) is 0 Å². The molecule has 1 aliphatic rings. The molecule has 18 heavy (non-hydrogen) atoms. The van der Waals surface area contributed by atoms with E-state index in [1.54, 1.807) is 0 Å². The SMILES string of the molecule is C=CC(C)CC1(C)NC(=C)C(C)=C(/C=C\C)C1C.